The summed E-state index contributed by atoms with van der Waals surface area (Å²) >= 11 is 0. The van der Waals surface area contributed by atoms with Gasteiger partial charge in [0.15, 0.2) is 5.96 Å². The summed E-state index contributed by atoms with van der Waals surface area (Å²) in [6.45, 7) is 11.8. The van der Waals surface area contributed by atoms with Gasteiger partial charge in [-0.15, -0.1) is 24.0 Å². The van der Waals surface area contributed by atoms with E-state index in [4.69, 9.17) is 4.42 Å². The summed E-state index contributed by atoms with van der Waals surface area (Å²) in [5.41, 5.74) is 1.56. The molecule has 160 valence electrons. The maximum Gasteiger partial charge on any atom is 0.194 e. The number of aryl methyl sites for hydroxylation is 1. The van der Waals surface area contributed by atoms with Gasteiger partial charge in [0.2, 0.25) is 0 Å². The third kappa shape index (κ3) is 6.72. The highest BCUT2D eigenvalue weighted by Gasteiger charge is 2.27. The van der Waals surface area contributed by atoms with Crippen LogP contribution in [0.15, 0.2) is 52.1 Å². The molecule has 0 bridgehead atoms. The molecule has 1 aliphatic heterocycles. The molecule has 0 radical (unpaired) electrons. The van der Waals surface area contributed by atoms with E-state index in [2.05, 4.69) is 58.2 Å². The molecule has 1 unspecified atom stereocenters. The minimum absolute atomic E-state index is 0. The highest BCUT2D eigenvalue weighted by Crippen LogP contribution is 2.21. The number of aliphatic imine (C=N–C) groups is 1. The van der Waals surface area contributed by atoms with Crippen molar-refractivity contribution in [1.29, 1.82) is 0 Å². The number of nitrogens with zero attached hydrogens (tertiary/aromatic N) is 3. The fourth-order valence-corrected chi connectivity index (χ4v) is 3.50. The quantitative estimate of drug-likeness (QED) is 0.354. The predicted octanol–water partition coefficient (Wildman–Crippen LogP) is 3.20. The number of rotatable bonds is 6. The molecule has 1 fully saturated rings. The number of furan rings is 1. The first-order chi connectivity index (χ1) is 13.5. The normalized spacial score (nSPS) is 17.5. The standard InChI is InChI=1S/C22H32N4O2.HI/c1-4-23-21(24-17-22(3,27)20-9-6-14-28-20)26-12-10-25(11-13-26)16-19-8-5-7-18(2)15-19;/h5-9,14-15,27H,4,10-13,16-17H2,1-3H3,(H,23,24);1H. The number of benzene rings is 1. The molecular weight excluding hydrogens is 479 g/mol. The molecule has 2 heterocycles. The Labute approximate surface area is 191 Å². The average Bonchev–Trinajstić information content (AvgIpc) is 3.22. The summed E-state index contributed by atoms with van der Waals surface area (Å²) < 4.78 is 5.36. The van der Waals surface area contributed by atoms with E-state index >= 15 is 0 Å². The van der Waals surface area contributed by atoms with Crippen LogP contribution in [0.25, 0.3) is 0 Å². The van der Waals surface area contributed by atoms with Gasteiger partial charge in [0.05, 0.1) is 12.8 Å². The van der Waals surface area contributed by atoms with Gasteiger partial charge in [0, 0.05) is 39.3 Å². The van der Waals surface area contributed by atoms with Crippen LogP contribution in [-0.2, 0) is 12.1 Å². The summed E-state index contributed by atoms with van der Waals surface area (Å²) in [5.74, 6) is 1.39. The average molecular weight is 512 g/mol. The van der Waals surface area contributed by atoms with E-state index in [-0.39, 0.29) is 30.5 Å². The van der Waals surface area contributed by atoms with Crippen LogP contribution in [-0.4, -0.2) is 60.1 Å². The van der Waals surface area contributed by atoms with Gasteiger partial charge in [0.25, 0.3) is 0 Å². The van der Waals surface area contributed by atoms with E-state index in [0.717, 1.165) is 45.2 Å². The smallest absolute Gasteiger partial charge is 0.194 e. The van der Waals surface area contributed by atoms with Gasteiger partial charge in [-0.2, -0.15) is 0 Å². The Morgan fingerprint density at radius 2 is 1.97 bits per heavy atom. The van der Waals surface area contributed by atoms with Gasteiger partial charge < -0.3 is 19.7 Å². The maximum absolute atomic E-state index is 10.7. The van der Waals surface area contributed by atoms with Crippen LogP contribution in [0.1, 0.15) is 30.7 Å². The zero-order valence-corrected chi connectivity index (χ0v) is 19.9. The molecule has 6 nitrogen and oxygen atoms in total. The second-order valence-corrected chi connectivity index (χ2v) is 7.67. The summed E-state index contributed by atoms with van der Waals surface area (Å²) in [4.78, 5) is 9.44. The number of aliphatic hydroxyl groups is 1. The lowest BCUT2D eigenvalue weighted by atomic mass is 10.0. The first-order valence-corrected chi connectivity index (χ1v) is 10.1. The first-order valence-electron chi connectivity index (χ1n) is 10.1. The lowest BCUT2D eigenvalue weighted by Gasteiger charge is -2.37. The summed E-state index contributed by atoms with van der Waals surface area (Å²) in [6.07, 6.45) is 1.58. The van der Waals surface area contributed by atoms with Crippen molar-refractivity contribution in [3.63, 3.8) is 0 Å². The van der Waals surface area contributed by atoms with Crippen molar-refractivity contribution in [3.8, 4) is 0 Å². The van der Waals surface area contributed by atoms with Crippen LogP contribution in [0.2, 0.25) is 0 Å². The first kappa shape index (κ1) is 23.7. The molecule has 1 saturated heterocycles. The molecular formula is C22H33IN4O2. The van der Waals surface area contributed by atoms with Crippen LogP contribution in [0, 0.1) is 6.92 Å². The Kier molecular flexibility index (Phi) is 8.98. The molecule has 3 rings (SSSR count). The van der Waals surface area contributed by atoms with Crippen molar-refractivity contribution < 1.29 is 9.52 Å². The molecule has 1 aromatic heterocycles. The van der Waals surface area contributed by atoms with Gasteiger partial charge in [-0.05, 0) is 38.5 Å². The molecule has 2 aromatic rings. The van der Waals surface area contributed by atoms with Crippen molar-refractivity contribution >= 4 is 29.9 Å². The van der Waals surface area contributed by atoms with Crippen molar-refractivity contribution in [2.45, 2.75) is 32.9 Å². The third-order valence-electron chi connectivity index (χ3n) is 5.08. The Morgan fingerprint density at radius 3 is 2.59 bits per heavy atom. The fourth-order valence-electron chi connectivity index (χ4n) is 3.50. The largest absolute Gasteiger partial charge is 0.466 e. The highest BCUT2D eigenvalue weighted by atomic mass is 127. The maximum atomic E-state index is 10.7. The molecule has 0 aliphatic carbocycles. The van der Waals surface area contributed by atoms with Gasteiger partial charge in [0.1, 0.15) is 11.4 Å². The van der Waals surface area contributed by atoms with E-state index in [9.17, 15) is 5.11 Å². The van der Waals surface area contributed by atoms with Crippen molar-refractivity contribution in [2.24, 2.45) is 4.99 Å². The highest BCUT2D eigenvalue weighted by molar-refractivity contribution is 14.0. The van der Waals surface area contributed by atoms with Gasteiger partial charge >= 0.3 is 0 Å². The molecule has 1 aliphatic rings. The molecule has 1 aromatic carbocycles. The minimum atomic E-state index is -1.11. The van der Waals surface area contributed by atoms with Crippen molar-refractivity contribution in [2.75, 3.05) is 39.3 Å². The Bertz CT molecular complexity index is 769. The lowest BCUT2D eigenvalue weighted by Crippen LogP contribution is -2.52. The summed E-state index contributed by atoms with van der Waals surface area (Å²) in [5, 5.41) is 14.0. The van der Waals surface area contributed by atoms with E-state index < -0.39 is 5.60 Å². The Balaban J connectivity index is 0.00000300. The molecule has 0 saturated carbocycles. The van der Waals surface area contributed by atoms with E-state index in [1.165, 1.54) is 11.1 Å². The topological polar surface area (TPSA) is 64.2 Å². The van der Waals surface area contributed by atoms with Crippen molar-refractivity contribution in [1.82, 2.24) is 15.1 Å². The van der Waals surface area contributed by atoms with Gasteiger partial charge in [-0.1, -0.05) is 29.8 Å². The summed E-state index contributed by atoms with van der Waals surface area (Å²) in [6, 6.07) is 12.3. The molecule has 2 N–H and O–H groups in total. The molecule has 29 heavy (non-hydrogen) atoms. The Morgan fingerprint density at radius 1 is 1.21 bits per heavy atom. The number of nitrogens with one attached hydrogen (secondary N) is 1. The minimum Gasteiger partial charge on any atom is -0.466 e. The van der Waals surface area contributed by atoms with Crippen LogP contribution in [0.3, 0.4) is 0 Å². The number of hydrogen-bond acceptors (Lipinski definition) is 4. The monoisotopic (exact) mass is 512 g/mol. The number of piperazine rings is 1. The fraction of sp³-hybridized carbons (Fsp3) is 0.500. The number of halogens is 1. The second-order valence-electron chi connectivity index (χ2n) is 7.67. The van der Waals surface area contributed by atoms with Crippen LogP contribution in [0.5, 0.6) is 0 Å². The van der Waals surface area contributed by atoms with Gasteiger partial charge in [-0.3, -0.25) is 4.90 Å². The molecule has 7 heteroatoms. The van der Waals surface area contributed by atoms with E-state index in [1.807, 2.05) is 0 Å². The van der Waals surface area contributed by atoms with Crippen LogP contribution < -0.4 is 5.32 Å². The lowest BCUT2D eigenvalue weighted by molar-refractivity contribution is 0.0433. The predicted molar refractivity (Wildman–Crippen MR) is 128 cm³/mol. The molecule has 0 spiro atoms. The van der Waals surface area contributed by atoms with Crippen molar-refractivity contribution in [3.05, 3.63) is 59.5 Å². The van der Waals surface area contributed by atoms with Crippen LogP contribution >= 0.6 is 24.0 Å². The summed E-state index contributed by atoms with van der Waals surface area (Å²) in [7, 11) is 0. The SMILES string of the molecule is CCNC(=NCC(C)(O)c1ccco1)N1CCN(Cc2cccc(C)c2)CC1.I. The molecule has 0 amide bonds. The zero-order valence-electron chi connectivity index (χ0n) is 17.6. The van der Waals surface area contributed by atoms with E-state index in [0.29, 0.717) is 5.76 Å². The third-order valence-corrected chi connectivity index (χ3v) is 5.08. The van der Waals surface area contributed by atoms with E-state index in [1.54, 1.807) is 25.3 Å². The number of hydrogen-bond donors (Lipinski definition) is 2. The van der Waals surface area contributed by atoms with Crippen LogP contribution in [0.4, 0.5) is 0 Å². The Hall–Kier alpha value is -1.58. The number of guanidine groups is 1. The van der Waals surface area contributed by atoms with Gasteiger partial charge in [-0.25, -0.2) is 4.99 Å². The second kappa shape index (κ2) is 11.0. The zero-order chi connectivity index (χ0) is 20.0. The molecule has 1 atom stereocenters.